The van der Waals surface area contributed by atoms with Gasteiger partial charge in [-0.05, 0) is 40.8 Å². The second kappa shape index (κ2) is 4.28. The van der Waals surface area contributed by atoms with Gasteiger partial charge in [0.05, 0.1) is 18.1 Å². The number of nitrogens with two attached hydrogens (primary N) is 1. The highest BCUT2D eigenvalue weighted by molar-refractivity contribution is 14.1. The summed E-state index contributed by atoms with van der Waals surface area (Å²) < 4.78 is 7.32. The van der Waals surface area contributed by atoms with Crippen molar-refractivity contribution in [1.29, 1.82) is 0 Å². The molecular weight excluding hydrogens is 321 g/mol. The quantitative estimate of drug-likeness (QED) is 0.667. The summed E-state index contributed by atoms with van der Waals surface area (Å²) in [6, 6.07) is 5.75. The number of methoxy groups -OCH3 is 1. The van der Waals surface area contributed by atoms with E-state index in [-0.39, 0.29) is 12.5 Å². The molecule has 6 heteroatoms. The van der Waals surface area contributed by atoms with Crippen LogP contribution in [-0.4, -0.2) is 22.6 Å². The lowest BCUT2D eigenvalue weighted by molar-refractivity contribution is -0.141. The van der Waals surface area contributed by atoms with Crippen LogP contribution in [0.15, 0.2) is 18.2 Å². The van der Waals surface area contributed by atoms with Gasteiger partial charge >= 0.3 is 5.97 Å². The Morgan fingerprint density at radius 2 is 2.38 bits per heavy atom. The molecule has 0 fully saturated rings. The van der Waals surface area contributed by atoms with Crippen LogP contribution >= 0.6 is 22.6 Å². The lowest BCUT2D eigenvalue weighted by Gasteiger charge is -2.04. The fourth-order valence-corrected chi connectivity index (χ4v) is 1.96. The summed E-state index contributed by atoms with van der Waals surface area (Å²) in [5.74, 6) is -0.0213. The summed E-state index contributed by atoms with van der Waals surface area (Å²) in [6.07, 6.45) is 0. The predicted octanol–water partition coefficient (Wildman–Crippen LogP) is 1.40. The van der Waals surface area contributed by atoms with Gasteiger partial charge in [-0.25, -0.2) is 4.98 Å². The molecule has 0 saturated carbocycles. The number of halogens is 1. The zero-order chi connectivity index (χ0) is 11.7. The number of carbonyl (C=O) groups excluding carboxylic acids is 1. The standard InChI is InChI=1S/C10H10IN3O2/c1-16-9(15)5-14-8-3-2-6(11)4-7(8)13-10(14)12/h2-4H,5H2,1H3,(H2,12,13). The van der Waals surface area contributed by atoms with Crippen LogP contribution in [0.1, 0.15) is 0 Å². The lowest BCUT2D eigenvalue weighted by atomic mass is 10.3. The number of ether oxygens (including phenoxy) is 1. The van der Waals surface area contributed by atoms with Crippen molar-refractivity contribution in [1.82, 2.24) is 9.55 Å². The molecule has 0 aliphatic carbocycles. The Morgan fingerprint density at radius 1 is 1.62 bits per heavy atom. The van der Waals surface area contributed by atoms with Crippen LogP contribution < -0.4 is 5.73 Å². The zero-order valence-corrected chi connectivity index (χ0v) is 10.8. The molecule has 84 valence electrons. The minimum atomic E-state index is -0.343. The fourth-order valence-electron chi connectivity index (χ4n) is 1.48. The van der Waals surface area contributed by atoms with Gasteiger partial charge in [0.2, 0.25) is 5.95 Å². The number of aromatic nitrogens is 2. The van der Waals surface area contributed by atoms with Crippen LogP contribution in [0.4, 0.5) is 5.95 Å². The number of hydrogen-bond donors (Lipinski definition) is 1. The van der Waals surface area contributed by atoms with Gasteiger partial charge in [-0.2, -0.15) is 0 Å². The molecule has 0 aliphatic heterocycles. The van der Waals surface area contributed by atoms with E-state index >= 15 is 0 Å². The zero-order valence-electron chi connectivity index (χ0n) is 8.61. The summed E-state index contributed by atoms with van der Waals surface area (Å²) in [5, 5.41) is 0. The number of hydrogen-bond acceptors (Lipinski definition) is 4. The van der Waals surface area contributed by atoms with Crippen molar-refractivity contribution in [3.63, 3.8) is 0 Å². The van der Waals surface area contributed by atoms with E-state index in [0.717, 1.165) is 14.6 Å². The smallest absolute Gasteiger partial charge is 0.325 e. The van der Waals surface area contributed by atoms with Gasteiger partial charge in [-0.15, -0.1) is 0 Å². The van der Waals surface area contributed by atoms with E-state index in [0.29, 0.717) is 5.95 Å². The van der Waals surface area contributed by atoms with Crippen LogP contribution in [0.2, 0.25) is 0 Å². The molecule has 0 bridgehead atoms. The summed E-state index contributed by atoms with van der Waals surface area (Å²) in [4.78, 5) is 15.4. The van der Waals surface area contributed by atoms with Crippen molar-refractivity contribution in [3.05, 3.63) is 21.8 Å². The lowest BCUT2D eigenvalue weighted by Crippen LogP contribution is -2.13. The van der Waals surface area contributed by atoms with Crippen molar-refractivity contribution in [2.45, 2.75) is 6.54 Å². The van der Waals surface area contributed by atoms with E-state index in [1.165, 1.54) is 7.11 Å². The molecule has 0 saturated heterocycles. The summed E-state index contributed by atoms with van der Waals surface area (Å²) in [7, 11) is 1.35. The number of rotatable bonds is 2. The third-order valence-electron chi connectivity index (χ3n) is 2.25. The molecule has 2 N–H and O–H groups in total. The van der Waals surface area contributed by atoms with Gasteiger partial charge < -0.3 is 10.5 Å². The SMILES string of the molecule is COC(=O)Cn1c(N)nc2cc(I)ccc21. The Balaban J connectivity index is 2.52. The highest BCUT2D eigenvalue weighted by Gasteiger charge is 2.11. The first-order valence-electron chi connectivity index (χ1n) is 4.60. The van der Waals surface area contributed by atoms with Crippen LogP contribution in [-0.2, 0) is 16.1 Å². The van der Waals surface area contributed by atoms with Gasteiger partial charge in [0, 0.05) is 3.57 Å². The summed E-state index contributed by atoms with van der Waals surface area (Å²) in [5.41, 5.74) is 7.37. The number of benzene rings is 1. The molecule has 0 radical (unpaired) electrons. The first-order chi connectivity index (χ1) is 7.61. The van der Waals surface area contributed by atoms with Crippen LogP contribution in [0, 0.1) is 3.57 Å². The third-order valence-corrected chi connectivity index (χ3v) is 2.93. The summed E-state index contributed by atoms with van der Waals surface area (Å²) >= 11 is 2.20. The number of imidazole rings is 1. The third kappa shape index (κ3) is 1.97. The predicted molar refractivity (Wildman–Crippen MR) is 68.9 cm³/mol. The van der Waals surface area contributed by atoms with Gasteiger partial charge in [0.15, 0.2) is 0 Å². The molecule has 1 heterocycles. The van der Waals surface area contributed by atoms with Gasteiger partial charge in [-0.3, -0.25) is 9.36 Å². The van der Waals surface area contributed by atoms with E-state index in [2.05, 4.69) is 32.3 Å². The highest BCUT2D eigenvalue weighted by atomic mass is 127. The van der Waals surface area contributed by atoms with Crippen molar-refractivity contribution in [2.24, 2.45) is 0 Å². The van der Waals surface area contributed by atoms with E-state index in [4.69, 9.17) is 5.73 Å². The van der Waals surface area contributed by atoms with Crippen molar-refractivity contribution < 1.29 is 9.53 Å². The monoisotopic (exact) mass is 331 g/mol. The molecule has 5 nitrogen and oxygen atoms in total. The number of nitrogen functional groups attached to an aromatic ring is 1. The van der Waals surface area contributed by atoms with Crippen LogP contribution in [0.5, 0.6) is 0 Å². The Bertz CT molecular complexity index is 550. The highest BCUT2D eigenvalue weighted by Crippen LogP contribution is 2.20. The van der Waals surface area contributed by atoms with Crippen molar-refractivity contribution in [2.75, 3.05) is 12.8 Å². The summed E-state index contributed by atoms with van der Waals surface area (Å²) in [6.45, 7) is 0.0828. The maximum atomic E-state index is 11.2. The molecule has 2 rings (SSSR count). The van der Waals surface area contributed by atoms with E-state index in [1.807, 2.05) is 18.2 Å². The van der Waals surface area contributed by atoms with Crippen molar-refractivity contribution in [3.8, 4) is 0 Å². The minimum absolute atomic E-state index is 0.0828. The number of esters is 1. The van der Waals surface area contributed by atoms with E-state index < -0.39 is 0 Å². The molecule has 1 aromatic carbocycles. The second-order valence-electron chi connectivity index (χ2n) is 3.27. The molecule has 16 heavy (non-hydrogen) atoms. The number of nitrogens with zero attached hydrogens (tertiary/aromatic N) is 2. The average Bonchev–Trinajstić information content (AvgIpc) is 2.54. The molecule has 0 amide bonds. The minimum Gasteiger partial charge on any atom is -0.468 e. The normalized spacial score (nSPS) is 10.6. The Kier molecular flexibility index (Phi) is 2.99. The van der Waals surface area contributed by atoms with E-state index in [1.54, 1.807) is 4.57 Å². The Morgan fingerprint density at radius 3 is 3.06 bits per heavy atom. The second-order valence-corrected chi connectivity index (χ2v) is 4.51. The van der Waals surface area contributed by atoms with Crippen LogP contribution in [0.3, 0.4) is 0 Å². The van der Waals surface area contributed by atoms with Gasteiger partial charge in [0.1, 0.15) is 6.54 Å². The molecular formula is C10H10IN3O2. The number of carbonyl (C=O) groups is 1. The molecule has 2 aromatic rings. The fraction of sp³-hybridized carbons (Fsp3) is 0.200. The van der Waals surface area contributed by atoms with E-state index in [9.17, 15) is 4.79 Å². The van der Waals surface area contributed by atoms with Crippen molar-refractivity contribution >= 4 is 45.5 Å². The maximum Gasteiger partial charge on any atom is 0.325 e. The largest absolute Gasteiger partial charge is 0.468 e. The first kappa shape index (κ1) is 11.2. The average molecular weight is 331 g/mol. The van der Waals surface area contributed by atoms with Gasteiger partial charge in [0.25, 0.3) is 0 Å². The van der Waals surface area contributed by atoms with Gasteiger partial charge in [-0.1, -0.05) is 0 Å². The molecule has 1 aromatic heterocycles. The maximum absolute atomic E-state index is 11.2. The Hall–Kier alpha value is -1.31. The topological polar surface area (TPSA) is 70.1 Å². The van der Waals surface area contributed by atoms with Crippen LogP contribution in [0.25, 0.3) is 11.0 Å². The molecule has 0 aliphatic rings. The molecule has 0 spiro atoms. The molecule has 0 unspecified atom stereocenters. The number of fused-ring (bicyclic) bond motifs is 1. The first-order valence-corrected chi connectivity index (χ1v) is 5.68. The Labute approximate surface area is 106 Å². The molecule has 0 atom stereocenters. The number of anilines is 1.